The van der Waals surface area contributed by atoms with Gasteiger partial charge in [-0.15, -0.1) is 0 Å². The quantitative estimate of drug-likeness (QED) is 0.306. The van der Waals surface area contributed by atoms with E-state index < -0.39 is 17.1 Å². The molecular weight excluding hydrogens is 296 g/mol. The Morgan fingerprint density at radius 3 is 1.29 bits per heavy atom. The standard InChI is InChI=1S/C16H38O3Si2/c1-7-9-11-13-15-17-20(3,4)19-21(5,6)18-16-14-12-10-8-2/h7-16H2,1-6H3. The van der Waals surface area contributed by atoms with Crippen molar-refractivity contribution < 1.29 is 13.0 Å². The van der Waals surface area contributed by atoms with Gasteiger partial charge in [-0.25, -0.2) is 0 Å². The van der Waals surface area contributed by atoms with E-state index in [0.717, 1.165) is 26.1 Å². The highest BCUT2D eigenvalue weighted by molar-refractivity contribution is 6.78. The number of rotatable bonds is 14. The minimum absolute atomic E-state index is 0.834. The highest BCUT2D eigenvalue weighted by atomic mass is 28.5. The highest BCUT2D eigenvalue weighted by Gasteiger charge is 2.36. The maximum absolute atomic E-state index is 6.27. The van der Waals surface area contributed by atoms with Crippen molar-refractivity contribution in [1.29, 1.82) is 0 Å². The van der Waals surface area contributed by atoms with Crippen molar-refractivity contribution in [2.24, 2.45) is 0 Å². The van der Waals surface area contributed by atoms with Crippen molar-refractivity contribution in [3.63, 3.8) is 0 Å². The SMILES string of the molecule is CCCCCCO[Si](C)(C)O[Si](C)(C)OCCCCCC. The van der Waals surface area contributed by atoms with Crippen molar-refractivity contribution >= 4 is 17.1 Å². The van der Waals surface area contributed by atoms with E-state index in [4.69, 9.17) is 13.0 Å². The minimum atomic E-state index is -2.04. The van der Waals surface area contributed by atoms with E-state index in [-0.39, 0.29) is 0 Å². The van der Waals surface area contributed by atoms with Gasteiger partial charge < -0.3 is 13.0 Å². The van der Waals surface area contributed by atoms with Gasteiger partial charge in [0.2, 0.25) is 0 Å². The van der Waals surface area contributed by atoms with Crippen LogP contribution in [0.15, 0.2) is 0 Å². The lowest BCUT2D eigenvalue weighted by Crippen LogP contribution is -2.48. The van der Waals surface area contributed by atoms with Crippen LogP contribution in [-0.4, -0.2) is 30.3 Å². The van der Waals surface area contributed by atoms with Crippen LogP contribution in [0.4, 0.5) is 0 Å². The van der Waals surface area contributed by atoms with Gasteiger partial charge in [-0.2, -0.15) is 0 Å². The zero-order valence-corrected chi connectivity index (χ0v) is 17.3. The Labute approximate surface area is 135 Å². The Morgan fingerprint density at radius 2 is 0.952 bits per heavy atom. The molecule has 0 saturated carbocycles. The third-order valence-electron chi connectivity index (χ3n) is 3.39. The van der Waals surface area contributed by atoms with E-state index in [9.17, 15) is 0 Å². The van der Waals surface area contributed by atoms with E-state index in [1.165, 1.54) is 38.5 Å². The number of hydrogen-bond acceptors (Lipinski definition) is 3. The van der Waals surface area contributed by atoms with E-state index in [2.05, 4.69) is 40.0 Å². The molecule has 0 spiro atoms. The van der Waals surface area contributed by atoms with Gasteiger partial charge in [0.1, 0.15) is 0 Å². The van der Waals surface area contributed by atoms with Crippen LogP contribution in [0.2, 0.25) is 26.2 Å². The third-order valence-corrected chi connectivity index (χ3v) is 9.12. The van der Waals surface area contributed by atoms with Gasteiger partial charge in [0.15, 0.2) is 0 Å². The summed E-state index contributed by atoms with van der Waals surface area (Å²) < 4.78 is 18.3. The molecule has 0 N–H and O–H groups in total. The fraction of sp³-hybridized carbons (Fsp3) is 1.00. The first kappa shape index (κ1) is 21.3. The molecule has 0 saturated heterocycles. The molecule has 0 heterocycles. The molecule has 0 aromatic heterocycles. The van der Waals surface area contributed by atoms with E-state index in [1.54, 1.807) is 0 Å². The molecule has 0 aliphatic heterocycles. The summed E-state index contributed by atoms with van der Waals surface area (Å²) in [5.41, 5.74) is 0. The average Bonchev–Trinajstić information content (AvgIpc) is 2.36. The molecule has 0 rings (SSSR count). The summed E-state index contributed by atoms with van der Waals surface area (Å²) in [4.78, 5) is 0. The Bertz CT molecular complexity index is 222. The van der Waals surface area contributed by atoms with Crippen LogP contribution in [-0.2, 0) is 13.0 Å². The summed E-state index contributed by atoms with van der Waals surface area (Å²) in [5.74, 6) is 0. The molecule has 21 heavy (non-hydrogen) atoms. The first-order valence-corrected chi connectivity index (χ1v) is 14.4. The second-order valence-electron chi connectivity index (χ2n) is 6.72. The summed E-state index contributed by atoms with van der Waals surface area (Å²) in [7, 11) is -4.08. The molecule has 0 unspecified atom stereocenters. The Hall–Kier alpha value is 0.314. The molecule has 0 atom stereocenters. The summed E-state index contributed by atoms with van der Waals surface area (Å²) in [6.45, 7) is 14.7. The summed E-state index contributed by atoms with van der Waals surface area (Å²) >= 11 is 0. The zero-order chi connectivity index (χ0) is 16.2. The number of unbranched alkanes of at least 4 members (excludes halogenated alkanes) is 6. The van der Waals surface area contributed by atoms with Gasteiger partial charge in [-0.05, 0) is 39.0 Å². The fourth-order valence-corrected chi connectivity index (χ4v) is 8.82. The average molecular weight is 335 g/mol. The second kappa shape index (κ2) is 11.8. The first-order valence-electron chi connectivity index (χ1n) is 8.81. The van der Waals surface area contributed by atoms with E-state index in [1.807, 2.05) is 0 Å². The monoisotopic (exact) mass is 334 g/mol. The predicted molar refractivity (Wildman–Crippen MR) is 96.2 cm³/mol. The van der Waals surface area contributed by atoms with Crippen molar-refractivity contribution in [2.45, 2.75) is 91.4 Å². The van der Waals surface area contributed by atoms with Gasteiger partial charge in [-0.3, -0.25) is 0 Å². The van der Waals surface area contributed by atoms with Gasteiger partial charge in [-0.1, -0.05) is 52.4 Å². The molecule has 0 aliphatic rings. The van der Waals surface area contributed by atoms with E-state index >= 15 is 0 Å². The lowest BCUT2D eigenvalue weighted by molar-refractivity contribution is 0.190. The molecule has 0 fully saturated rings. The Kier molecular flexibility index (Phi) is 12.0. The maximum atomic E-state index is 6.27. The normalized spacial score (nSPS) is 12.9. The van der Waals surface area contributed by atoms with Gasteiger partial charge >= 0.3 is 17.1 Å². The van der Waals surface area contributed by atoms with Crippen molar-refractivity contribution in [3.8, 4) is 0 Å². The van der Waals surface area contributed by atoms with Crippen LogP contribution in [0.3, 0.4) is 0 Å². The molecular formula is C16H38O3Si2. The van der Waals surface area contributed by atoms with Crippen LogP contribution in [0, 0.1) is 0 Å². The second-order valence-corrected chi connectivity index (χ2v) is 13.7. The van der Waals surface area contributed by atoms with Crippen LogP contribution < -0.4 is 0 Å². The molecule has 0 amide bonds. The lowest BCUT2D eigenvalue weighted by atomic mass is 10.2. The molecule has 0 aromatic carbocycles. The summed E-state index contributed by atoms with van der Waals surface area (Å²) in [6, 6.07) is 0. The zero-order valence-electron chi connectivity index (χ0n) is 15.3. The van der Waals surface area contributed by atoms with Crippen molar-refractivity contribution in [1.82, 2.24) is 0 Å². The predicted octanol–water partition coefficient (Wildman–Crippen LogP) is 5.60. The van der Waals surface area contributed by atoms with Crippen LogP contribution in [0.5, 0.6) is 0 Å². The number of hydrogen-bond donors (Lipinski definition) is 0. The molecule has 0 bridgehead atoms. The van der Waals surface area contributed by atoms with Crippen LogP contribution in [0.25, 0.3) is 0 Å². The molecule has 128 valence electrons. The molecule has 0 radical (unpaired) electrons. The summed E-state index contributed by atoms with van der Waals surface area (Å²) in [5, 5.41) is 0. The lowest BCUT2D eigenvalue weighted by Gasteiger charge is -2.32. The van der Waals surface area contributed by atoms with Crippen molar-refractivity contribution in [2.75, 3.05) is 13.2 Å². The van der Waals surface area contributed by atoms with E-state index in [0.29, 0.717) is 0 Å². The molecule has 0 aromatic rings. The molecule has 0 aliphatic carbocycles. The third kappa shape index (κ3) is 13.7. The van der Waals surface area contributed by atoms with Gasteiger partial charge in [0, 0.05) is 13.2 Å². The Balaban J connectivity index is 3.87. The fourth-order valence-electron chi connectivity index (χ4n) is 2.34. The smallest absolute Gasteiger partial charge is 0.322 e. The maximum Gasteiger partial charge on any atom is 0.322 e. The minimum Gasteiger partial charge on any atom is -0.415 e. The van der Waals surface area contributed by atoms with Crippen LogP contribution >= 0.6 is 0 Å². The summed E-state index contributed by atoms with van der Waals surface area (Å²) in [6.07, 6.45) is 9.94. The molecule has 5 heteroatoms. The highest BCUT2D eigenvalue weighted by Crippen LogP contribution is 2.18. The van der Waals surface area contributed by atoms with Gasteiger partial charge in [0.05, 0.1) is 0 Å². The topological polar surface area (TPSA) is 27.7 Å². The van der Waals surface area contributed by atoms with Crippen LogP contribution in [0.1, 0.15) is 65.2 Å². The molecule has 3 nitrogen and oxygen atoms in total. The Morgan fingerprint density at radius 1 is 0.571 bits per heavy atom. The van der Waals surface area contributed by atoms with Gasteiger partial charge in [0.25, 0.3) is 0 Å². The van der Waals surface area contributed by atoms with Crippen molar-refractivity contribution in [3.05, 3.63) is 0 Å². The largest absolute Gasteiger partial charge is 0.415 e. The first-order chi connectivity index (χ1) is 9.83.